The summed E-state index contributed by atoms with van der Waals surface area (Å²) in [4.78, 5) is 0. The monoisotopic (exact) mass is 243 g/mol. The maximum Gasteiger partial charge on any atom is 0.0703 e. The third kappa shape index (κ3) is 8.58. The van der Waals surface area contributed by atoms with Gasteiger partial charge in [0.1, 0.15) is 0 Å². The van der Waals surface area contributed by atoms with Gasteiger partial charge in [-0.3, -0.25) is 0 Å². The highest BCUT2D eigenvalue weighted by Gasteiger charge is 2.11. The highest BCUT2D eigenvalue weighted by molar-refractivity contribution is 4.71. The summed E-state index contributed by atoms with van der Waals surface area (Å²) in [5, 5.41) is 3.62. The summed E-state index contributed by atoms with van der Waals surface area (Å²) in [6.07, 6.45) is 8.38. The van der Waals surface area contributed by atoms with Gasteiger partial charge in [0.25, 0.3) is 0 Å². The predicted octanol–water partition coefficient (Wildman–Crippen LogP) is 2.74. The molecule has 1 aliphatic rings. The molecule has 0 spiro atoms. The summed E-state index contributed by atoms with van der Waals surface area (Å²) in [5.41, 5.74) is 0. The van der Waals surface area contributed by atoms with Gasteiger partial charge in [0.2, 0.25) is 0 Å². The molecule has 0 amide bonds. The average Bonchev–Trinajstić information content (AvgIpc) is 2.33. The topological polar surface area (TPSA) is 30.5 Å². The first kappa shape index (κ1) is 14.9. The molecule has 0 aromatic heterocycles. The molecule has 0 aromatic rings. The molecule has 17 heavy (non-hydrogen) atoms. The van der Waals surface area contributed by atoms with E-state index in [1.165, 1.54) is 32.1 Å². The minimum atomic E-state index is 0.312. The van der Waals surface area contributed by atoms with Crippen molar-refractivity contribution in [3.63, 3.8) is 0 Å². The Balaban J connectivity index is 1.78. The quantitative estimate of drug-likeness (QED) is 0.632. The first-order chi connectivity index (χ1) is 8.29. The van der Waals surface area contributed by atoms with Crippen LogP contribution in [0.1, 0.15) is 52.4 Å². The second-order valence-electron chi connectivity index (χ2n) is 5.17. The maximum atomic E-state index is 5.51. The number of hydrogen-bond donors (Lipinski definition) is 1. The first-order valence-electron chi connectivity index (χ1n) is 7.22. The van der Waals surface area contributed by atoms with Crippen LogP contribution in [-0.2, 0) is 9.47 Å². The average molecular weight is 243 g/mol. The summed E-state index contributed by atoms with van der Waals surface area (Å²) in [7, 11) is 0. The van der Waals surface area contributed by atoms with E-state index in [2.05, 4.69) is 5.32 Å². The molecule has 0 aliphatic heterocycles. The summed E-state index contributed by atoms with van der Waals surface area (Å²) >= 11 is 0. The Labute approximate surface area is 106 Å². The SMILES string of the molecule is CC(C)OCCOCCCNC1CCCCC1. The van der Waals surface area contributed by atoms with Gasteiger partial charge in [0.05, 0.1) is 19.3 Å². The normalized spacial score (nSPS) is 17.8. The molecule has 1 N–H and O–H groups in total. The van der Waals surface area contributed by atoms with E-state index >= 15 is 0 Å². The van der Waals surface area contributed by atoms with Crippen molar-refractivity contribution in [3.8, 4) is 0 Å². The zero-order chi connectivity index (χ0) is 12.3. The molecule has 0 bridgehead atoms. The third-order valence-corrected chi connectivity index (χ3v) is 3.18. The Bertz CT molecular complexity index is 168. The van der Waals surface area contributed by atoms with Crippen molar-refractivity contribution >= 4 is 0 Å². The Morgan fingerprint density at radius 3 is 2.53 bits per heavy atom. The van der Waals surface area contributed by atoms with E-state index in [0.717, 1.165) is 32.2 Å². The number of hydrogen-bond acceptors (Lipinski definition) is 3. The molecular weight excluding hydrogens is 214 g/mol. The van der Waals surface area contributed by atoms with Crippen molar-refractivity contribution in [2.75, 3.05) is 26.4 Å². The first-order valence-corrected chi connectivity index (χ1v) is 7.22. The maximum absolute atomic E-state index is 5.51. The van der Waals surface area contributed by atoms with Crippen LogP contribution in [0.5, 0.6) is 0 Å². The number of rotatable bonds is 9. The van der Waals surface area contributed by atoms with Gasteiger partial charge in [0.15, 0.2) is 0 Å². The zero-order valence-corrected chi connectivity index (χ0v) is 11.5. The van der Waals surface area contributed by atoms with Gasteiger partial charge < -0.3 is 14.8 Å². The molecule has 0 unspecified atom stereocenters. The third-order valence-electron chi connectivity index (χ3n) is 3.18. The number of ether oxygens (including phenoxy) is 2. The Morgan fingerprint density at radius 1 is 1.06 bits per heavy atom. The van der Waals surface area contributed by atoms with Gasteiger partial charge in [-0.05, 0) is 39.7 Å². The lowest BCUT2D eigenvalue weighted by Crippen LogP contribution is -2.32. The van der Waals surface area contributed by atoms with Gasteiger partial charge in [-0.1, -0.05) is 19.3 Å². The molecule has 0 aromatic carbocycles. The molecule has 3 heteroatoms. The fourth-order valence-corrected chi connectivity index (χ4v) is 2.23. The molecule has 1 rings (SSSR count). The van der Waals surface area contributed by atoms with Crippen LogP contribution in [0.15, 0.2) is 0 Å². The molecule has 1 saturated carbocycles. The lowest BCUT2D eigenvalue weighted by atomic mass is 9.95. The number of nitrogens with one attached hydrogen (secondary N) is 1. The summed E-state index contributed by atoms with van der Waals surface area (Å²) < 4.78 is 10.9. The van der Waals surface area contributed by atoms with Crippen molar-refractivity contribution in [1.82, 2.24) is 5.32 Å². The van der Waals surface area contributed by atoms with Gasteiger partial charge in [-0.15, -0.1) is 0 Å². The van der Waals surface area contributed by atoms with Crippen molar-refractivity contribution in [2.24, 2.45) is 0 Å². The summed E-state index contributed by atoms with van der Waals surface area (Å²) in [6, 6.07) is 0.771. The van der Waals surface area contributed by atoms with Crippen LogP contribution >= 0.6 is 0 Å². The van der Waals surface area contributed by atoms with Crippen molar-refractivity contribution in [2.45, 2.75) is 64.5 Å². The second kappa shape index (κ2) is 9.86. The highest BCUT2D eigenvalue weighted by atomic mass is 16.5. The van der Waals surface area contributed by atoms with Crippen LogP contribution in [0.2, 0.25) is 0 Å². The van der Waals surface area contributed by atoms with Crippen LogP contribution in [0, 0.1) is 0 Å². The molecule has 0 heterocycles. The minimum Gasteiger partial charge on any atom is -0.379 e. The van der Waals surface area contributed by atoms with Gasteiger partial charge in [-0.25, -0.2) is 0 Å². The molecule has 0 saturated heterocycles. The van der Waals surface area contributed by atoms with Crippen LogP contribution in [0.3, 0.4) is 0 Å². The van der Waals surface area contributed by atoms with E-state index in [9.17, 15) is 0 Å². The zero-order valence-electron chi connectivity index (χ0n) is 11.5. The molecule has 0 atom stereocenters. The van der Waals surface area contributed by atoms with E-state index in [0.29, 0.717) is 12.7 Å². The van der Waals surface area contributed by atoms with E-state index in [-0.39, 0.29) is 0 Å². The van der Waals surface area contributed by atoms with Gasteiger partial charge in [0, 0.05) is 12.6 Å². The van der Waals surface area contributed by atoms with Gasteiger partial charge in [-0.2, -0.15) is 0 Å². The van der Waals surface area contributed by atoms with E-state index in [4.69, 9.17) is 9.47 Å². The smallest absolute Gasteiger partial charge is 0.0703 e. The predicted molar refractivity (Wildman–Crippen MR) is 71.4 cm³/mol. The summed E-state index contributed by atoms with van der Waals surface area (Å²) in [5.74, 6) is 0. The van der Waals surface area contributed by atoms with Crippen molar-refractivity contribution in [1.29, 1.82) is 0 Å². The highest BCUT2D eigenvalue weighted by Crippen LogP contribution is 2.17. The van der Waals surface area contributed by atoms with Crippen LogP contribution in [0.4, 0.5) is 0 Å². The fourth-order valence-electron chi connectivity index (χ4n) is 2.23. The molecule has 1 aliphatic carbocycles. The summed E-state index contributed by atoms with van der Waals surface area (Å²) in [6.45, 7) is 7.48. The van der Waals surface area contributed by atoms with Crippen molar-refractivity contribution in [3.05, 3.63) is 0 Å². The lowest BCUT2D eigenvalue weighted by Gasteiger charge is -2.22. The standard InChI is InChI=1S/C14H29NO2/c1-13(2)17-12-11-16-10-6-9-15-14-7-4-3-5-8-14/h13-15H,3-12H2,1-2H3. The Kier molecular flexibility index (Phi) is 8.67. The van der Waals surface area contributed by atoms with E-state index < -0.39 is 0 Å². The second-order valence-corrected chi connectivity index (χ2v) is 5.17. The van der Waals surface area contributed by atoms with Crippen molar-refractivity contribution < 1.29 is 9.47 Å². The molecular formula is C14H29NO2. The van der Waals surface area contributed by atoms with Crippen LogP contribution in [0.25, 0.3) is 0 Å². The molecule has 0 radical (unpaired) electrons. The fraction of sp³-hybridized carbons (Fsp3) is 1.00. The van der Waals surface area contributed by atoms with E-state index in [1.54, 1.807) is 0 Å². The molecule has 1 fully saturated rings. The minimum absolute atomic E-state index is 0.312. The van der Waals surface area contributed by atoms with Gasteiger partial charge >= 0.3 is 0 Å². The lowest BCUT2D eigenvalue weighted by molar-refractivity contribution is 0.0189. The molecule has 102 valence electrons. The Morgan fingerprint density at radius 2 is 1.82 bits per heavy atom. The largest absolute Gasteiger partial charge is 0.379 e. The molecule has 3 nitrogen and oxygen atoms in total. The van der Waals surface area contributed by atoms with Crippen LogP contribution < -0.4 is 5.32 Å². The Hall–Kier alpha value is -0.120. The van der Waals surface area contributed by atoms with E-state index in [1.807, 2.05) is 13.8 Å². The van der Waals surface area contributed by atoms with Crippen LogP contribution in [-0.4, -0.2) is 38.5 Å².